The molecule has 1 fully saturated rings. The Morgan fingerprint density at radius 2 is 1.97 bits per heavy atom. The number of carbonyl (C=O) groups excluding carboxylic acids is 1. The highest BCUT2D eigenvalue weighted by molar-refractivity contribution is 5.79. The number of ether oxygens (including phenoxy) is 1. The minimum absolute atomic E-state index is 0.217. The first-order valence-corrected chi connectivity index (χ1v) is 10.8. The van der Waals surface area contributed by atoms with Gasteiger partial charge in [0, 0.05) is 45.8 Å². The van der Waals surface area contributed by atoms with Gasteiger partial charge in [0.2, 0.25) is 0 Å². The molecule has 0 radical (unpaired) electrons. The van der Waals surface area contributed by atoms with E-state index in [9.17, 15) is 4.79 Å². The van der Waals surface area contributed by atoms with E-state index in [2.05, 4.69) is 39.5 Å². The van der Waals surface area contributed by atoms with Crippen LogP contribution >= 0.6 is 0 Å². The predicted molar refractivity (Wildman–Crippen MR) is 118 cm³/mol. The van der Waals surface area contributed by atoms with Crippen molar-refractivity contribution in [2.24, 2.45) is 4.99 Å². The van der Waals surface area contributed by atoms with Gasteiger partial charge in [-0.2, -0.15) is 0 Å². The van der Waals surface area contributed by atoms with Crippen molar-refractivity contribution in [2.75, 3.05) is 46.3 Å². The summed E-state index contributed by atoms with van der Waals surface area (Å²) in [4.78, 5) is 20.5. The number of aliphatic imine (C=N–C) groups is 1. The SMILES string of the molecule is CN=C(NCCCN1CCN(C(=O)OC(C)(C)C)CC1)NCc1cc(C(C)C)no1. The van der Waals surface area contributed by atoms with Crippen molar-refractivity contribution in [3.05, 3.63) is 17.5 Å². The van der Waals surface area contributed by atoms with E-state index in [-0.39, 0.29) is 6.09 Å². The lowest BCUT2D eigenvalue weighted by Crippen LogP contribution is -2.50. The van der Waals surface area contributed by atoms with Crippen LogP contribution in [0.2, 0.25) is 0 Å². The minimum atomic E-state index is -0.448. The first kappa shape index (κ1) is 24.0. The highest BCUT2D eigenvalue weighted by atomic mass is 16.6. The Labute approximate surface area is 180 Å². The Morgan fingerprint density at radius 3 is 2.53 bits per heavy atom. The normalized spacial score (nSPS) is 16.1. The molecule has 0 spiro atoms. The highest BCUT2D eigenvalue weighted by Gasteiger charge is 2.25. The van der Waals surface area contributed by atoms with Gasteiger partial charge in [-0.1, -0.05) is 19.0 Å². The van der Waals surface area contributed by atoms with Gasteiger partial charge >= 0.3 is 6.09 Å². The number of hydrogen-bond acceptors (Lipinski definition) is 6. The lowest BCUT2D eigenvalue weighted by molar-refractivity contribution is 0.0145. The molecule has 1 aromatic heterocycles. The van der Waals surface area contributed by atoms with E-state index in [0.717, 1.165) is 50.0 Å². The molecule has 1 saturated heterocycles. The van der Waals surface area contributed by atoms with Crippen LogP contribution in [0.15, 0.2) is 15.6 Å². The number of carbonyl (C=O) groups is 1. The van der Waals surface area contributed by atoms with E-state index in [4.69, 9.17) is 9.26 Å². The average Bonchev–Trinajstić information content (AvgIpc) is 3.16. The van der Waals surface area contributed by atoms with Crippen molar-refractivity contribution in [3.8, 4) is 0 Å². The molecule has 2 N–H and O–H groups in total. The van der Waals surface area contributed by atoms with Crippen LogP contribution in [0.25, 0.3) is 0 Å². The number of aromatic nitrogens is 1. The molecular weight excluding hydrogens is 384 g/mol. The lowest BCUT2D eigenvalue weighted by Gasteiger charge is -2.35. The van der Waals surface area contributed by atoms with Crippen molar-refractivity contribution < 1.29 is 14.1 Å². The van der Waals surface area contributed by atoms with Crippen LogP contribution in [0.3, 0.4) is 0 Å². The van der Waals surface area contributed by atoms with Crippen LogP contribution in [0.5, 0.6) is 0 Å². The summed E-state index contributed by atoms with van der Waals surface area (Å²) in [7, 11) is 1.76. The zero-order valence-corrected chi connectivity index (χ0v) is 19.3. The van der Waals surface area contributed by atoms with E-state index >= 15 is 0 Å². The molecule has 0 aliphatic carbocycles. The summed E-state index contributed by atoms with van der Waals surface area (Å²) in [5, 5.41) is 10.6. The van der Waals surface area contributed by atoms with Crippen LogP contribution in [-0.2, 0) is 11.3 Å². The molecule has 1 aromatic rings. The Kier molecular flexibility index (Phi) is 8.95. The van der Waals surface area contributed by atoms with E-state index in [1.165, 1.54) is 0 Å². The molecule has 1 amide bonds. The second kappa shape index (κ2) is 11.2. The first-order chi connectivity index (χ1) is 14.2. The molecule has 170 valence electrons. The van der Waals surface area contributed by atoms with Crippen LogP contribution in [0.4, 0.5) is 4.79 Å². The fourth-order valence-electron chi connectivity index (χ4n) is 3.07. The fraction of sp³-hybridized carbons (Fsp3) is 0.762. The number of guanidine groups is 1. The summed E-state index contributed by atoms with van der Waals surface area (Å²) in [5.74, 6) is 1.89. The molecule has 0 aromatic carbocycles. The topological polar surface area (TPSA) is 95.2 Å². The molecular formula is C21H38N6O3. The third-order valence-corrected chi connectivity index (χ3v) is 4.79. The van der Waals surface area contributed by atoms with Gasteiger partial charge in [0.15, 0.2) is 11.7 Å². The first-order valence-electron chi connectivity index (χ1n) is 10.8. The monoisotopic (exact) mass is 422 g/mol. The van der Waals surface area contributed by atoms with E-state index in [1.54, 1.807) is 11.9 Å². The molecule has 2 rings (SSSR count). The standard InChI is InChI=1S/C21H38N6O3/c1-16(2)18-14-17(30-25-18)15-24-19(22-6)23-8-7-9-26-10-12-27(13-11-26)20(28)29-21(3,4)5/h14,16H,7-13,15H2,1-6H3,(H2,22,23,24). The fourth-order valence-corrected chi connectivity index (χ4v) is 3.07. The molecule has 2 heterocycles. The van der Waals surface area contributed by atoms with Crippen LogP contribution < -0.4 is 10.6 Å². The van der Waals surface area contributed by atoms with Crippen LogP contribution in [0.1, 0.15) is 58.4 Å². The second-order valence-electron chi connectivity index (χ2n) is 8.89. The maximum atomic E-state index is 12.1. The third kappa shape index (κ3) is 8.22. The van der Waals surface area contributed by atoms with Gasteiger partial charge in [0.25, 0.3) is 0 Å². The van der Waals surface area contributed by atoms with E-state index in [0.29, 0.717) is 25.6 Å². The molecule has 0 unspecified atom stereocenters. The Balaban J connectivity index is 1.60. The number of piperazine rings is 1. The number of hydrogen-bond donors (Lipinski definition) is 2. The van der Waals surface area contributed by atoms with Crippen molar-refractivity contribution in [2.45, 2.75) is 59.1 Å². The Hall–Kier alpha value is -2.29. The molecule has 1 aliphatic rings. The smallest absolute Gasteiger partial charge is 0.410 e. The zero-order chi connectivity index (χ0) is 22.1. The van der Waals surface area contributed by atoms with Gasteiger partial charge in [0.05, 0.1) is 12.2 Å². The molecule has 30 heavy (non-hydrogen) atoms. The summed E-state index contributed by atoms with van der Waals surface area (Å²) in [5.41, 5.74) is 0.512. The van der Waals surface area contributed by atoms with Gasteiger partial charge in [-0.3, -0.25) is 9.89 Å². The maximum Gasteiger partial charge on any atom is 0.410 e. The molecule has 0 saturated carbocycles. The van der Waals surface area contributed by atoms with E-state index in [1.807, 2.05) is 26.8 Å². The van der Waals surface area contributed by atoms with Crippen molar-refractivity contribution in [3.63, 3.8) is 0 Å². The van der Waals surface area contributed by atoms with Crippen molar-refractivity contribution in [1.82, 2.24) is 25.6 Å². The largest absolute Gasteiger partial charge is 0.444 e. The van der Waals surface area contributed by atoms with Gasteiger partial charge in [0.1, 0.15) is 5.60 Å². The third-order valence-electron chi connectivity index (χ3n) is 4.79. The number of amides is 1. The van der Waals surface area contributed by atoms with Gasteiger partial charge in [-0.15, -0.1) is 0 Å². The van der Waals surface area contributed by atoms with Gasteiger partial charge < -0.3 is 24.8 Å². The summed E-state index contributed by atoms with van der Waals surface area (Å²) in [6.45, 7) is 15.4. The quantitative estimate of drug-likeness (QED) is 0.396. The summed E-state index contributed by atoms with van der Waals surface area (Å²) >= 11 is 0. The van der Waals surface area contributed by atoms with Crippen molar-refractivity contribution >= 4 is 12.1 Å². The number of rotatable bonds is 7. The molecule has 9 nitrogen and oxygen atoms in total. The number of nitrogens with one attached hydrogen (secondary N) is 2. The van der Waals surface area contributed by atoms with Crippen LogP contribution in [0, 0.1) is 0 Å². The summed E-state index contributed by atoms with van der Waals surface area (Å²) in [6.07, 6.45) is 0.776. The highest BCUT2D eigenvalue weighted by Crippen LogP contribution is 2.14. The molecule has 1 aliphatic heterocycles. The van der Waals surface area contributed by atoms with Gasteiger partial charge in [-0.25, -0.2) is 4.79 Å². The lowest BCUT2D eigenvalue weighted by atomic mass is 10.1. The number of nitrogens with zero attached hydrogens (tertiary/aromatic N) is 4. The molecule has 9 heteroatoms. The van der Waals surface area contributed by atoms with Gasteiger partial charge in [-0.05, 0) is 39.7 Å². The van der Waals surface area contributed by atoms with Crippen LogP contribution in [-0.4, -0.2) is 78.9 Å². The minimum Gasteiger partial charge on any atom is -0.444 e. The summed E-state index contributed by atoms with van der Waals surface area (Å²) < 4.78 is 10.8. The average molecular weight is 423 g/mol. The second-order valence-corrected chi connectivity index (χ2v) is 8.89. The Morgan fingerprint density at radius 1 is 1.27 bits per heavy atom. The van der Waals surface area contributed by atoms with Crippen molar-refractivity contribution in [1.29, 1.82) is 0 Å². The van der Waals surface area contributed by atoms with E-state index < -0.39 is 5.60 Å². The molecule has 0 atom stereocenters. The molecule has 0 bridgehead atoms. The predicted octanol–water partition coefficient (Wildman–Crippen LogP) is 2.41. The summed E-state index contributed by atoms with van der Waals surface area (Å²) in [6, 6.07) is 1.97. The maximum absolute atomic E-state index is 12.1. The zero-order valence-electron chi connectivity index (χ0n) is 19.3. The Bertz CT molecular complexity index is 687.